The minimum absolute atomic E-state index is 0.0847. The first-order valence-electron chi connectivity index (χ1n) is 6.46. The van der Waals surface area contributed by atoms with Crippen LogP contribution in [0.2, 0.25) is 0 Å². The highest BCUT2D eigenvalue weighted by Gasteiger charge is 2.20. The second-order valence-electron chi connectivity index (χ2n) is 4.76. The van der Waals surface area contributed by atoms with Gasteiger partial charge in [-0.05, 0) is 32.3 Å². The molecule has 0 spiro atoms. The number of nitrogens with zero attached hydrogens (tertiary/aromatic N) is 2. The van der Waals surface area contributed by atoms with Gasteiger partial charge in [0.25, 0.3) is 0 Å². The molecule has 3 nitrogen and oxygen atoms in total. The van der Waals surface area contributed by atoms with E-state index < -0.39 is 5.91 Å². The summed E-state index contributed by atoms with van der Waals surface area (Å²) in [6, 6.07) is 11.4. The van der Waals surface area contributed by atoms with Crippen molar-refractivity contribution in [3.05, 3.63) is 48.0 Å². The van der Waals surface area contributed by atoms with Crippen LogP contribution in [0.4, 0.5) is 0 Å². The molecule has 0 saturated heterocycles. The smallest absolute Gasteiger partial charge is 0.323 e. The predicted octanol–water partition coefficient (Wildman–Crippen LogP) is 3.46. The molecule has 0 heterocycles. The van der Waals surface area contributed by atoms with Crippen LogP contribution in [0.3, 0.4) is 0 Å². The molecule has 0 N–H and O–H groups in total. The number of benzene rings is 1. The molecule has 19 heavy (non-hydrogen) atoms. The molecule has 1 aromatic carbocycles. The maximum atomic E-state index is 11.7. The van der Waals surface area contributed by atoms with Gasteiger partial charge in [-0.15, -0.1) is 6.58 Å². The number of allylic oxidation sites excluding steroid dienone is 1. The summed E-state index contributed by atoms with van der Waals surface area (Å²) in [6.07, 6.45) is 1.71. The molecular weight excluding hydrogens is 236 g/mol. The number of nitriles is 1. The molecule has 0 aliphatic heterocycles. The Morgan fingerprint density at radius 1 is 1.42 bits per heavy atom. The van der Waals surface area contributed by atoms with E-state index in [4.69, 9.17) is 5.26 Å². The molecule has 0 saturated carbocycles. The largest absolute Gasteiger partial charge is 0.325 e. The molecule has 0 fully saturated rings. The zero-order valence-corrected chi connectivity index (χ0v) is 11.6. The van der Waals surface area contributed by atoms with E-state index in [1.165, 1.54) is 0 Å². The van der Waals surface area contributed by atoms with Crippen molar-refractivity contribution in [2.24, 2.45) is 0 Å². The summed E-state index contributed by atoms with van der Waals surface area (Å²) in [6.45, 7) is 8.35. The van der Waals surface area contributed by atoms with Crippen LogP contribution < -0.4 is 0 Å². The van der Waals surface area contributed by atoms with Crippen LogP contribution in [0.25, 0.3) is 0 Å². The number of carbonyl (C=O) groups is 1. The van der Waals surface area contributed by atoms with Crippen molar-refractivity contribution in [3.8, 4) is 6.07 Å². The van der Waals surface area contributed by atoms with Crippen LogP contribution in [0.15, 0.2) is 42.5 Å². The molecule has 1 amide bonds. The third kappa shape index (κ3) is 4.59. The second-order valence-corrected chi connectivity index (χ2v) is 4.76. The van der Waals surface area contributed by atoms with E-state index in [1.807, 2.05) is 44.2 Å². The monoisotopic (exact) mass is 256 g/mol. The van der Waals surface area contributed by atoms with Gasteiger partial charge in [0.1, 0.15) is 0 Å². The number of hydrogen-bond donors (Lipinski definition) is 0. The Bertz CT molecular complexity index is 473. The third-order valence-electron chi connectivity index (χ3n) is 3.11. The Balaban J connectivity index is 2.77. The highest BCUT2D eigenvalue weighted by Crippen LogP contribution is 2.20. The van der Waals surface area contributed by atoms with Gasteiger partial charge in [0.15, 0.2) is 6.07 Å². The second kappa shape index (κ2) is 7.38. The topological polar surface area (TPSA) is 44.1 Å². The van der Waals surface area contributed by atoms with E-state index in [2.05, 4.69) is 6.58 Å². The lowest BCUT2D eigenvalue weighted by atomic mass is 10.1. The standard InChI is InChI=1S/C16H20N2O/c1-13(2)8-7-11-18(16(19)12-17)14(3)15-9-5-4-6-10-15/h4-6,9-10,14H,1,7-8,11H2,2-3H3/t14-/m0/s1. The molecule has 1 rings (SSSR count). The highest BCUT2D eigenvalue weighted by molar-refractivity contribution is 5.91. The van der Waals surface area contributed by atoms with Crippen molar-refractivity contribution in [2.45, 2.75) is 32.7 Å². The Labute approximate surface area is 115 Å². The van der Waals surface area contributed by atoms with Crippen LogP contribution in [0.5, 0.6) is 0 Å². The first kappa shape index (κ1) is 15.0. The van der Waals surface area contributed by atoms with Gasteiger partial charge >= 0.3 is 5.91 Å². The fourth-order valence-corrected chi connectivity index (χ4v) is 2.00. The van der Waals surface area contributed by atoms with E-state index in [0.717, 1.165) is 24.0 Å². The summed E-state index contributed by atoms with van der Waals surface area (Å²) in [4.78, 5) is 13.4. The molecule has 0 radical (unpaired) electrons. The molecule has 0 aliphatic carbocycles. The number of amides is 1. The number of carbonyl (C=O) groups excluding carboxylic acids is 1. The first-order chi connectivity index (χ1) is 9.06. The summed E-state index contributed by atoms with van der Waals surface area (Å²) < 4.78 is 0. The van der Waals surface area contributed by atoms with E-state index in [9.17, 15) is 4.79 Å². The minimum atomic E-state index is -0.474. The van der Waals surface area contributed by atoms with Gasteiger partial charge in [-0.25, -0.2) is 0 Å². The molecule has 3 heteroatoms. The molecule has 0 aliphatic rings. The normalized spacial score (nSPS) is 11.4. The van der Waals surface area contributed by atoms with Gasteiger partial charge in [0.2, 0.25) is 0 Å². The highest BCUT2D eigenvalue weighted by atomic mass is 16.2. The van der Waals surface area contributed by atoms with Crippen molar-refractivity contribution in [2.75, 3.05) is 6.54 Å². The number of hydrogen-bond acceptors (Lipinski definition) is 2. The lowest BCUT2D eigenvalue weighted by Crippen LogP contribution is -2.33. The minimum Gasteiger partial charge on any atom is -0.323 e. The SMILES string of the molecule is C=C(C)CCCN(C(=O)C#N)[C@@H](C)c1ccccc1. The van der Waals surface area contributed by atoms with Crippen LogP contribution in [0, 0.1) is 11.3 Å². The molecule has 0 bridgehead atoms. The third-order valence-corrected chi connectivity index (χ3v) is 3.11. The first-order valence-corrected chi connectivity index (χ1v) is 6.46. The van der Waals surface area contributed by atoms with Crippen molar-refractivity contribution in [1.29, 1.82) is 5.26 Å². The molecular formula is C16H20N2O. The summed E-state index contributed by atoms with van der Waals surface area (Å²) in [5.74, 6) is -0.474. The van der Waals surface area contributed by atoms with Crippen molar-refractivity contribution in [3.63, 3.8) is 0 Å². The maximum Gasteiger partial charge on any atom is 0.325 e. The average molecular weight is 256 g/mol. The number of rotatable bonds is 6. The van der Waals surface area contributed by atoms with Crippen LogP contribution in [-0.4, -0.2) is 17.4 Å². The Morgan fingerprint density at radius 2 is 2.05 bits per heavy atom. The Morgan fingerprint density at radius 3 is 2.58 bits per heavy atom. The van der Waals surface area contributed by atoms with E-state index in [0.29, 0.717) is 6.54 Å². The molecule has 100 valence electrons. The van der Waals surface area contributed by atoms with Gasteiger partial charge in [-0.1, -0.05) is 35.9 Å². The van der Waals surface area contributed by atoms with E-state index in [-0.39, 0.29) is 6.04 Å². The zero-order valence-electron chi connectivity index (χ0n) is 11.6. The van der Waals surface area contributed by atoms with Gasteiger partial charge in [0.05, 0.1) is 6.04 Å². The molecule has 0 aromatic heterocycles. The molecule has 1 aromatic rings. The van der Waals surface area contributed by atoms with Gasteiger partial charge in [-0.3, -0.25) is 4.79 Å². The summed E-state index contributed by atoms with van der Waals surface area (Å²) in [5.41, 5.74) is 2.14. The van der Waals surface area contributed by atoms with Crippen molar-refractivity contribution >= 4 is 5.91 Å². The molecule has 0 unspecified atom stereocenters. The van der Waals surface area contributed by atoms with Crippen LogP contribution in [-0.2, 0) is 4.79 Å². The van der Waals surface area contributed by atoms with E-state index >= 15 is 0 Å². The fraction of sp³-hybridized carbons (Fsp3) is 0.375. The fourth-order valence-electron chi connectivity index (χ4n) is 2.00. The van der Waals surface area contributed by atoms with Gasteiger partial charge in [0, 0.05) is 6.54 Å². The Hall–Kier alpha value is -2.08. The Kier molecular flexibility index (Phi) is 5.81. The lowest BCUT2D eigenvalue weighted by Gasteiger charge is -2.27. The summed E-state index contributed by atoms with van der Waals surface area (Å²) in [5, 5.41) is 8.85. The van der Waals surface area contributed by atoms with Crippen LogP contribution >= 0.6 is 0 Å². The van der Waals surface area contributed by atoms with Crippen molar-refractivity contribution in [1.82, 2.24) is 4.90 Å². The molecule has 1 atom stereocenters. The average Bonchev–Trinajstić information content (AvgIpc) is 2.43. The van der Waals surface area contributed by atoms with Gasteiger partial charge < -0.3 is 4.90 Å². The quantitative estimate of drug-likeness (QED) is 0.578. The van der Waals surface area contributed by atoms with Crippen LogP contribution in [0.1, 0.15) is 38.3 Å². The van der Waals surface area contributed by atoms with Gasteiger partial charge in [-0.2, -0.15) is 5.26 Å². The van der Waals surface area contributed by atoms with E-state index in [1.54, 1.807) is 11.0 Å². The summed E-state index contributed by atoms with van der Waals surface area (Å²) in [7, 11) is 0. The van der Waals surface area contributed by atoms with Crippen molar-refractivity contribution < 1.29 is 4.79 Å². The lowest BCUT2D eigenvalue weighted by molar-refractivity contribution is -0.127. The predicted molar refractivity (Wildman–Crippen MR) is 76.2 cm³/mol. The maximum absolute atomic E-state index is 11.7. The summed E-state index contributed by atoms with van der Waals surface area (Å²) >= 11 is 0. The zero-order chi connectivity index (χ0) is 14.3.